The van der Waals surface area contributed by atoms with Crippen LogP contribution in [0, 0.1) is 0 Å². The van der Waals surface area contributed by atoms with E-state index < -0.39 is 11.8 Å². The molecule has 6 heteroatoms. The van der Waals surface area contributed by atoms with Crippen LogP contribution in [0.4, 0.5) is 5.69 Å². The molecule has 0 bridgehead atoms. The molecule has 0 aliphatic carbocycles. The number of anilines is 1. The molecule has 1 heterocycles. The molecule has 0 aromatic heterocycles. The molecule has 0 saturated carbocycles. The number of carbonyl (C=O) groups is 2. The van der Waals surface area contributed by atoms with Crippen LogP contribution in [-0.4, -0.2) is 63.0 Å². The van der Waals surface area contributed by atoms with E-state index in [0.29, 0.717) is 6.54 Å². The van der Waals surface area contributed by atoms with Crippen LogP contribution in [0.2, 0.25) is 0 Å². The molecule has 1 aromatic rings. The summed E-state index contributed by atoms with van der Waals surface area (Å²) in [6, 6.07) is 10.5. The van der Waals surface area contributed by atoms with Gasteiger partial charge in [-0.05, 0) is 25.1 Å². The van der Waals surface area contributed by atoms with Crippen LogP contribution >= 0.6 is 0 Å². The summed E-state index contributed by atoms with van der Waals surface area (Å²) in [7, 11) is 1.45. The van der Waals surface area contributed by atoms with Crippen LogP contribution in [0.25, 0.3) is 0 Å². The van der Waals surface area contributed by atoms with E-state index in [-0.39, 0.29) is 0 Å². The summed E-state index contributed by atoms with van der Waals surface area (Å²) in [6.45, 7) is 5.57. The van der Waals surface area contributed by atoms with Crippen LogP contribution in [0.3, 0.4) is 0 Å². The van der Waals surface area contributed by atoms with Crippen molar-refractivity contribution in [3.05, 3.63) is 30.3 Å². The summed E-state index contributed by atoms with van der Waals surface area (Å²) in [5, 5.41) is 4.93. The normalized spacial score (nSPS) is 15.4. The van der Waals surface area contributed by atoms with Crippen molar-refractivity contribution >= 4 is 17.5 Å². The Morgan fingerprint density at radius 2 is 1.73 bits per heavy atom. The number of hydrogen-bond acceptors (Lipinski definition) is 4. The van der Waals surface area contributed by atoms with Crippen molar-refractivity contribution in [1.29, 1.82) is 0 Å². The molecule has 0 unspecified atom stereocenters. The first kappa shape index (κ1) is 16.3. The van der Waals surface area contributed by atoms with Gasteiger partial charge in [-0.25, -0.2) is 0 Å². The molecule has 2 N–H and O–H groups in total. The van der Waals surface area contributed by atoms with Crippen molar-refractivity contribution in [2.24, 2.45) is 0 Å². The van der Waals surface area contributed by atoms with Crippen molar-refractivity contribution in [3.8, 4) is 0 Å². The lowest BCUT2D eigenvalue weighted by atomic mass is 10.2. The highest BCUT2D eigenvalue weighted by atomic mass is 16.2. The second kappa shape index (κ2) is 8.38. The van der Waals surface area contributed by atoms with Crippen molar-refractivity contribution in [2.45, 2.75) is 6.42 Å². The minimum absolute atomic E-state index is 0.533. The zero-order valence-corrected chi connectivity index (χ0v) is 13.0. The number of nitrogens with zero attached hydrogens (tertiary/aromatic N) is 2. The fourth-order valence-corrected chi connectivity index (χ4v) is 2.57. The summed E-state index contributed by atoms with van der Waals surface area (Å²) < 4.78 is 0. The topological polar surface area (TPSA) is 64.7 Å². The fourth-order valence-electron chi connectivity index (χ4n) is 2.57. The first-order valence-electron chi connectivity index (χ1n) is 7.73. The Balaban J connectivity index is 1.62. The molecule has 0 atom stereocenters. The molecule has 6 nitrogen and oxygen atoms in total. The largest absolute Gasteiger partial charge is 0.369 e. The molecule has 0 radical (unpaired) electrons. The molecule has 1 aliphatic rings. The van der Waals surface area contributed by atoms with Gasteiger partial charge in [0.05, 0.1) is 0 Å². The van der Waals surface area contributed by atoms with E-state index in [2.05, 4.69) is 44.7 Å². The number of para-hydroxylation sites is 1. The van der Waals surface area contributed by atoms with E-state index in [1.807, 2.05) is 6.07 Å². The van der Waals surface area contributed by atoms with Crippen LogP contribution in [-0.2, 0) is 9.59 Å². The quantitative estimate of drug-likeness (QED) is 0.596. The number of nitrogens with one attached hydrogen (secondary N) is 2. The Morgan fingerprint density at radius 1 is 1.05 bits per heavy atom. The van der Waals surface area contributed by atoms with Crippen molar-refractivity contribution in [1.82, 2.24) is 15.5 Å². The van der Waals surface area contributed by atoms with Crippen molar-refractivity contribution < 1.29 is 9.59 Å². The van der Waals surface area contributed by atoms with Crippen LogP contribution in [0.1, 0.15) is 6.42 Å². The number of piperazine rings is 1. The molecule has 0 spiro atoms. The Morgan fingerprint density at radius 3 is 2.36 bits per heavy atom. The van der Waals surface area contributed by atoms with Gasteiger partial charge in [0.15, 0.2) is 0 Å². The molecular formula is C16H24N4O2. The summed E-state index contributed by atoms with van der Waals surface area (Å²) >= 11 is 0. The summed E-state index contributed by atoms with van der Waals surface area (Å²) in [4.78, 5) is 27.1. The van der Waals surface area contributed by atoms with Gasteiger partial charge in [-0.15, -0.1) is 0 Å². The molecular weight excluding hydrogens is 280 g/mol. The zero-order chi connectivity index (χ0) is 15.8. The SMILES string of the molecule is CNC(=O)C(=O)NCCCN1CCN(c2ccccc2)CC1. The van der Waals surface area contributed by atoms with Gasteiger partial charge < -0.3 is 15.5 Å². The minimum Gasteiger partial charge on any atom is -0.369 e. The number of likely N-dealkylation sites (N-methyl/N-ethyl adjacent to an activating group) is 1. The molecule has 1 fully saturated rings. The second-order valence-corrected chi connectivity index (χ2v) is 5.35. The van der Waals surface area contributed by atoms with E-state index in [1.54, 1.807) is 0 Å². The lowest BCUT2D eigenvalue weighted by Crippen LogP contribution is -2.47. The number of amides is 2. The van der Waals surface area contributed by atoms with E-state index in [0.717, 1.165) is 39.1 Å². The average Bonchev–Trinajstić information content (AvgIpc) is 2.59. The molecule has 1 saturated heterocycles. The summed E-state index contributed by atoms with van der Waals surface area (Å²) in [5.41, 5.74) is 1.28. The van der Waals surface area contributed by atoms with Gasteiger partial charge >= 0.3 is 11.8 Å². The first-order valence-corrected chi connectivity index (χ1v) is 7.73. The van der Waals surface area contributed by atoms with E-state index in [9.17, 15) is 9.59 Å². The summed E-state index contributed by atoms with van der Waals surface area (Å²) in [6.07, 6.45) is 0.855. The third kappa shape index (κ3) is 4.73. The number of hydrogen-bond donors (Lipinski definition) is 2. The summed E-state index contributed by atoms with van der Waals surface area (Å²) in [5.74, 6) is -1.15. The highest BCUT2D eigenvalue weighted by Gasteiger charge is 2.16. The van der Waals surface area contributed by atoms with Crippen LogP contribution < -0.4 is 15.5 Å². The van der Waals surface area contributed by atoms with Gasteiger partial charge in [0.25, 0.3) is 0 Å². The Bertz CT molecular complexity index is 484. The number of carbonyl (C=O) groups excluding carboxylic acids is 2. The average molecular weight is 304 g/mol. The lowest BCUT2D eigenvalue weighted by molar-refractivity contribution is -0.138. The highest BCUT2D eigenvalue weighted by molar-refractivity contribution is 6.34. The van der Waals surface area contributed by atoms with Gasteiger partial charge in [0, 0.05) is 45.5 Å². The van der Waals surface area contributed by atoms with Crippen molar-refractivity contribution in [3.63, 3.8) is 0 Å². The van der Waals surface area contributed by atoms with Crippen molar-refractivity contribution in [2.75, 3.05) is 51.2 Å². The minimum atomic E-state index is -0.587. The predicted molar refractivity (Wildman–Crippen MR) is 86.8 cm³/mol. The maximum atomic E-state index is 11.3. The Kier molecular flexibility index (Phi) is 6.21. The molecule has 120 valence electrons. The van der Waals surface area contributed by atoms with Crippen LogP contribution in [0.5, 0.6) is 0 Å². The fraction of sp³-hybridized carbons (Fsp3) is 0.500. The zero-order valence-electron chi connectivity index (χ0n) is 13.0. The van der Waals surface area contributed by atoms with E-state index >= 15 is 0 Å². The Hall–Kier alpha value is -2.08. The molecule has 1 aliphatic heterocycles. The first-order chi connectivity index (χ1) is 10.7. The smallest absolute Gasteiger partial charge is 0.309 e. The van der Waals surface area contributed by atoms with Gasteiger partial charge in [0.1, 0.15) is 0 Å². The number of rotatable bonds is 5. The third-order valence-corrected chi connectivity index (χ3v) is 3.86. The maximum Gasteiger partial charge on any atom is 0.309 e. The monoisotopic (exact) mass is 304 g/mol. The van der Waals surface area contributed by atoms with E-state index in [4.69, 9.17) is 0 Å². The molecule has 2 amide bonds. The Labute approximate surface area is 131 Å². The van der Waals surface area contributed by atoms with Crippen LogP contribution in [0.15, 0.2) is 30.3 Å². The van der Waals surface area contributed by atoms with E-state index in [1.165, 1.54) is 12.7 Å². The number of benzene rings is 1. The molecule has 2 rings (SSSR count). The molecule has 22 heavy (non-hydrogen) atoms. The maximum absolute atomic E-state index is 11.3. The predicted octanol–water partition coefficient (Wildman–Crippen LogP) is 0.0609. The lowest BCUT2D eigenvalue weighted by Gasteiger charge is -2.36. The van der Waals surface area contributed by atoms with Gasteiger partial charge in [-0.1, -0.05) is 18.2 Å². The van der Waals surface area contributed by atoms with Gasteiger partial charge in [-0.2, -0.15) is 0 Å². The van der Waals surface area contributed by atoms with Gasteiger partial charge in [-0.3, -0.25) is 14.5 Å². The standard InChI is InChI=1S/C16H24N4O2/c1-17-15(21)16(22)18-8-5-9-19-10-12-20(13-11-19)14-6-3-2-4-7-14/h2-4,6-7H,5,8-13H2,1H3,(H,17,21)(H,18,22). The molecule has 1 aromatic carbocycles. The van der Waals surface area contributed by atoms with Gasteiger partial charge in [0.2, 0.25) is 0 Å². The highest BCUT2D eigenvalue weighted by Crippen LogP contribution is 2.15. The third-order valence-electron chi connectivity index (χ3n) is 3.86. The second-order valence-electron chi connectivity index (χ2n) is 5.35.